The number of hydrogen-bond acceptors (Lipinski definition) is 4. The van der Waals surface area contributed by atoms with Gasteiger partial charge < -0.3 is 10.3 Å². The second-order valence-corrected chi connectivity index (χ2v) is 5.07. The molecule has 1 rings (SSSR count). The Morgan fingerprint density at radius 1 is 1.72 bits per heavy atom. The molecule has 1 unspecified atom stereocenters. The van der Waals surface area contributed by atoms with E-state index < -0.39 is 4.75 Å². The zero-order chi connectivity index (χ0) is 13.6. The van der Waals surface area contributed by atoms with E-state index in [0.29, 0.717) is 19.0 Å². The van der Waals surface area contributed by atoms with E-state index in [4.69, 9.17) is 5.26 Å². The van der Waals surface area contributed by atoms with E-state index in [1.807, 2.05) is 27.0 Å². The molecule has 6 nitrogen and oxygen atoms in total. The lowest BCUT2D eigenvalue weighted by molar-refractivity contribution is 0.679. The lowest BCUT2D eigenvalue weighted by Crippen LogP contribution is -2.35. The van der Waals surface area contributed by atoms with Crippen molar-refractivity contribution in [1.82, 2.24) is 20.6 Å². The zero-order valence-corrected chi connectivity index (χ0v) is 11.7. The van der Waals surface area contributed by atoms with Crippen LogP contribution in [0.1, 0.15) is 25.2 Å². The first-order valence-corrected chi connectivity index (χ1v) is 6.12. The molecule has 0 aliphatic rings. The van der Waals surface area contributed by atoms with Crippen LogP contribution >= 0.6 is 12.6 Å². The van der Waals surface area contributed by atoms with Crippen LogP contribution in [0.25, 0.3) is 0 Å². The fraction of sp³-hybridized carbons (Fsp3) is 0.545. The van der Waals surface area contributed by atoms with Gasteiger partial charge in [-0.2, -0.15) is 17.9 Å². The van der Waals surface area contributed by atoms with Gasteiger partial charge >= 0.3 is 0 Å². The Morgan fingerprint density at radius 2 is 2.44 bits per heavy atom. The molecule has 0 saturated carbocycles. The molecular formula is C11H18N6S. The van der Waals surface area contributed by atoms with Crippen LogP contribution in [0.4, 0.5) is 0 Å². The molecule has 1 atom stereocenters. The number of imidazole rings is 1. The number of aliphatic imine (C=N–C) groups is 1. The van der Waals surface area contributed by atoms with Gasteiger partial charge in [0.2, 0.25) is 5.96 Å². The molecule has 1 aromatic heterocycles. The van der Waals surface area contributed by atoms with Crippen molar-refractivity contribution < 1.29 is 0 Å². The van der Waals surface area contributed by atoms with E-state index in [9.17, 15) is 0 Å². The van der Waals surface area contributed by atoms with Crippen LogP contribution in [0, 0.1) is 18.4 Å². The minimum atomic E-state index is -0.484. The molecule has 0 amide bonds. The number of nitrogens with zero attached hydrogens (tertiary/aromatic N) is 3. The van der Waals surface area contributed by atoms with Crippen molar-refractivity contribution in [2.75, 3.05) is 13.1 Å². The molecule has 7 heteroatoms. The molecule has 0 aliphatic carbocycles. The van der Waals surface area contributed by atoms with Crippen molar-refractivity contribution in [2.45, 2.75) is 25.5 Å². The summed E-state index contributed by atoms with van der Waals surface area (Å²) in [6.45, 7) is 6.93. The molecule has 0 aromatic carbocycles. The molecule has 0 spiro atoms. The minimum Gasteiger partial charge on any atom is -0.356 e. The zero-order valence-electron chi connectivity index (χ0n) is 10.8. The molecule has 0 aliphatic heterocycles. The summed E-state index contributed by atoms with van der Waals surface area (Å²) in [5, 5.41) is 14.1. The summed E-state index contributed by atoms with van der Waals surface area (Å²) in [4.78, 5) is 11.6. The largest absolute Gasteiger partial charge is 0.356 e. The lowest BCUT2D eigenvalue weighted by Gasteiger charge is -2.20. The van der Waals surface area contributed by atoms with E-state index in [1.54, 1.807) is 6.33 Å². The third-order valence-electron chi connectivity index (χ3n) is 2.40. The smallest absolute Gasteiger partial charge is 0.204 e. The molecule has 98 valence electrons. The minimum absolute atomic E-state index is 0.415. The topological polar surface area (TPSA) is 88.9 Å². The summed E-state index contributed by atoms with van der Waals surface area (Å²) in [6.07, 6.45) is 3.49. The summed E-state index contributed by atoms with van der Waals surface area (Å²) in [5.74, 6) is 0.452. The van der Waals surface area contributed by atoms with Gasteiger partial charge in [-0.15, -0.1) is 0 Å². The first-order chi connectivity index (χ1) is 8.51. The highest BCUT2D eigenvalue weighted by atomic mass is 32.1. The predicted octanol–water partition coefficient (Wildman–Crippen LogP) is 0.899. The van der Waals surface area contributed by atoms with Gasteiger partial charge in [-0.25, -0.2) is 4.98 Å². The van der Waals surface area contributed by atoms with Crippen molar-refractivity contribution in [3.8, 4) is 6.19 Å². The summed E-state index contributed by atoms with van der Waals surface area (Å²) in [6, 6.07) is 0. The van der Waals surface area contributed by atoms with Crippen LogP contribution in [-0.2, 0) is 4.75 Å². The molecule has 0 saturated heterocycles. The summed E-state index contributed by atoms with van der Waals surface area (Å²) < 4.78 is -0.484. The maximum absolute atomic E-state index is 8.60. The highest BCUT2D eigenvalue weighted by Gasteiger charge is 2.26. The second kappa shape index (κ2) is 6.31. The normalized spacial score (nSPS) is 14.7. The van der Waals surface area contributed by atoms with E-state index >= 15 is 0 Å². The van der Waals surface area contributed by atoms with Gasteiger partial charge in [-0.05, 0) is 20.8 Å². The van der Waals surface area contributed by atoms with Gasteiger partial charge in [0.05, 0.1) is 23.3 Å². The molecule has 1 heterocycles. The van der Waals surface area contributed by atoms with E-state index in [-0.39, 0.29) is 0 Å². The average Bonchev–Trinajstić information content (AvgIpc) is 2.74. The Labute approximate surface area is 112 Å². The Morgan fingerprint density at radius 3 is 2.94 bits per heavy atom. The van der Waals surface area contributed by atoms with Gasteiger partial charge in [0, 0.05) is 12.2 Å². The highest BCUT2D eigenvalue weighted by molar-refractivity contribution is 7.81. The number of aromatic nitrogens is 2. The number of nitrogens with one attached hydrogen (secondary N) is 3. The standard InChI is InChI=1S/C11H18N6S/c1-4-13-10(15-6-12)14-5-11(3,18)9-8(2)16-7-17-9/h7,18H,4-5H2,1-3H3,(H,16,17)(H2,13,14,15). The highest BCUT2D eigenvalue weighted by Crippen LogP contribution is 2.28. The van der Waals surface area contributed by atoms with Crippen molar-refractivity contribution in [2.24, 2.45) is 4.99 Å². The van der Waals surface area contributed by atoms with Crippen LogP contribution in [0.5, 0.6) is 0 Å². The third-order valence-corrected chi connectivity index (χ3v) is 2.76. The third kappa shape index (κ3) is 3.67. The molecule has 0 bridgehead atoms. The number of aromatic amines is 1. The monoisotopic (exact) mass is 266 g/mol. The second-order valence-electron chi connectivity index (χ2n) is 4.08. The van der Waals surface area contributed by atoms with Gasteiger partial charge in [0.1, 0.15) is 0 Å². The number of hydrogen-bond donors (Lipinski definition) is 4. The molecule has 1 aromatic rings. The van der Waals surface area contributed by atoms with Crippen LogP contribution < -0.4 is 10.6 Å². The molecule has 0 radical (unpaired) electrons. The van der Waals surface area contributed by atoms with E-state index in [2.05, 4.69) is 38.2 Å². The average molecular weight is 266 g/mol. The Balaban J connectivity index is 2.79. The molecule has 3 N–H and O–H groups in total. The number of aryl methyl sites for hydroxylation is 1. The summed E-state index contributed by atoms with van der Waals surface area (Å²) >= 11 is 4.59. The fourth-order valence-corrected chi connectivity index (χ4v) is 1.87. The van der Waals surface area contributed by atoms with Gasteiger partial charge in [-0.1, -0.05) is 0 Å². The number of H-pyrrole nitrogens is 1. The quantitative estimate of drug-likeness (QED) is 0.214. The molecule has 0 fully saturated rings. The SMILES string of the molecule is CCNC(=NCC(C)(S)c1nc[nH]c1C)NC#N. The lowest BCUT2D eigenvalue weighted by atomic mass is 10.1. The van der Waals surface area contributed by atoms with Crippen molar-refractivity contribution in [1.29, 1.82) is 5.26 Å². The van der Waals surface area contributed by atoms with Crippen molar-refractivity contribution >= 4 is 18.6 Å². The van der Waals surface area contributed by atoms with Crippen LogP contribution in [0.15, 0.2) is 11.3 Å². The fourth-order valence-electron chi connectivity index (χ4n) is 1.57. The Bertz CT molecular complexity index is 456. The van der Waals surface area contributed by atoms with Gasteiger partial charge in [-0.3, -0.25) is 10.3 Å². The molecule has 18 heavy (non-hydrogen) atoms. The Hall–Kier alpha value is -1.68. The van der Waals surface area contributed by atoms with Crippen LogP contribution in [-0.4, -0.2) is 29.0 Å². The maximum atomic E-state index is 8.60. The van der Waals surface area contributed by atoms with Gasteiger partial charge in [0.25, 0.3) is 0 Å². The maximum Gasteiger partial charge on any atom is 0.204 e. The number of nitriles is 1. The van der Waals surface area contributed by atoms with Crippen LogP contribution in [0.3, 0.4) is 0 Å². The number of guanidine groups is 1. The van der Waals surface area contributed by atoms with Gasteiger partial charge in [0.15, 0.2) is 6.19 Å². The van der Waals surface area contributed by atoms with E-state index in [0.717, 1.165) is 11.4 Å². The van der Waals surface area contributed by atoms with Crippen molar-refractivity contribution in [3.63, 3.8) is 0 Å². The first-order valence-electron chi connectivity index (χ1n) is 5.67. The predicted molar refractivity (Wildman–Crippen MR) is 74.4 cm³/mol. The first kappa shape index (κ1) is 14.4. The molecular weight excluding hydrogens is 248 g/mol. The summed E-state index contributed by atoms with van der Waals surface area (Å²) in [5.41, 5.74) is 1.84. The Kier molecular flexibility index (Phi) is 5.04. The number of thiol groups is 1. The van der Waals surface area contributed by atoms with Crippen LogP contribution in [0.2, 0.25) is 0 Å². The van der Waals surface area contributed by atoms with E-state index in [1.165, 1.54) is 0 Å². The summed E-state index contributed by atoms with van der Waals surface area (Å²) in [7, 11) is 0. The number of rotatable bonds is 4. The van der Waals surface area contributed by atoms with Crippen molar-refractivity contribution in [3.05, 3.63) is 17.7 Å².